The van der Waals surface area contributed by atoms with Crippen molar-refractivity contribution in [2.75, 3.05) is 6.61 Å². The van der Waals surface area contributed by atoms with Gasteiger partial charge in [0.1, 0.15) is 6.10 Å². The normalized spacial score (nSPS) is 43.4. The molecule has 3 heteroatoms. The fraction of sp³-hybridized carbons (Fsp3) is 0.778. The van der Waals surface area contributed by atoms with Crippen molar-refractivity contribution in [3.05, 3.63) is 12.2 Å². The zero-order chi connectivity index (χ0) is 8.77. The van der Waals surface area contributed by atoms with Crippen LogP contribution in [-0.4, -0.2) is 29.7 Å². The summed E-state index contributed by atoms with van der Waals surface area (Å²) in [5.41, 5.74) is 0. The first-order valence-corrected chi connectivity index (χ1v) is 4.27. The lowest BCUT2D eigenvalue weighted by molar-refractivity contribution is -0.148. The monoisotopic (exact) mass is 170 g/mol. The first-order valence-electron chi connectivity index (χ1n) is 4.27. The van der Waals surface area contributed by atoms with Gasteiger partial charge in [0.15, 0.2) is 5.79 Å². The maximum absolute atomic E-state index is 9.00. The fourth-order valence-corrected chi connectivity index (χ4v) is 1.82. The minimum absolute atomic E-state index is 0.0185. The van der Waals surface area contributed by atoms with Crippen LogP contribution in [0.1, 0.15) is 13.8 Å². The number of hydrogen-bond acceptors (Lipinski definition) is 3. The highest BCUT2D eigenvalue weighted by Gasteiger charge is 2.45. The molecule has 3 atom stereocenters. The number of hydrogen-bond donors (Lipinski definition) is 1. The molecule has 0 radical (unpaired) electrons. The van der Waals surface area contributed by atoms with Gasteiger partial charge in [0, 0.05) is 5.92 Å². The third-order valence-electron chi connectivity index (χ3n) is 2.34. The van der Waals surface area contributed by atoms with E-state index < -0.39 is 5.79 Å². The summed E-state index contributed by atoms with van der Waals surface area (Å²) in [7, 11) is 0. The smallest absolute Gasteiger partial charge is 0.164 e. The average molecular weight is 170 g/mol. The van der Waals surface area contributed by atoms with E-state index in [4.69, 9.17) is 14.6 Å². The van der Waals surface area contributed by atoms with E-state index in [0.717, 1.165) is 0 Å². The van der Waals surface area contributed by atoms with Crippen LogP contribution in [0.3, 0.4) is 0 Å². The predicted octanol–water partition coefficient (Wildman–Crippen LogP) is 0.685. The molecule has 0 amide bonds. The minimum Gasteiger partial charge on any atom is -0.396 e. The Morgan fingerprint density at radius 2 is 2.08 bits per heavy atom. The van der Waals surface area contributed by atoms with Crippen LogP contribution >= 0.6 is 0 Å². The molecule has 1 aliphatic heterocycles. The molecule has 2 aliphatic rings. The number of aliphatic hydroxyl groups is 1. The molecule has 0 unspecified atom stereocenters. The van der Waals surface area contributed by atoms with Gasteiger partial charge in [0.2, 0.25) is 0 Å². The van der Waals surface area contributed by atoms with Crippen LogP contribution in [0, 0.1) is 5.92 Å². The molecule has 12 heavy (non-hydrogen) atoms. The van der Waals surface area contributed by atoms with Crippen LogP contribution < -0.4 is 0 Å². The van der Waals surface area contributed by atoms with E-state index in [9.17, 15) is 0 Å². The van der Waals surface area contributed by atoms with Gasteiger partial charge >= 0.3 is 0 Å². The van der Waals surface area contributed by atoms with Gasteiger partial charge in [0.05, 0.1) is 12.7 Å². The van der Waals surface area contributed by atoms with Crippen LogP contribution in [0.5, 0.6) is 0 Å². The summed E-state index contributed by atoms with van der Waals surface area (Å²) in [6, 6.07) is 0. The van der Waals surface area contributed by atoms with E-state index >= 15 is 0 Å². The van der Waals surface area contributed by atoms with Crippen molar-refractivity contribution in [3.8, 4) is 0 Å². The van der Waals surface area contributed by atoms with Gasteiger partial charge in [-0.2, -0.15) is 0 Å². The molecule has 3 nitrogen and oxygen atoms in total. The molecular weight excluding hydrogens is 156 g/mol. The molecule has 2 rings (SSSR count). The van der Waals surface area contributed by atoms with Crippen molar-refractivity contribution < 1.29 is 14.6 Å². The van der Waals surface area contributed by atoms with Crippen LogP contribution in [0.4, 0.5) is 0 Å². The molecule has 1 heterocycles. The summed E-state index contributed by atoms with van der Waals surface area (Å²) in [6.07, 6.45) is 3.99. The number of ether oxygens (including phenoxy) is 2. The maximum atomic E-state index is 9.00. The van der Waals surface area contributed by atoms with E-state index in [0.29, 0.717) is 0 Å². The second kappa shape index (κ2) is 2.55. The van der Waals surface area contributed by atoms with Gasteiger partial charge in [0.25, 0.3) is 0 Å². The highest BCUT2D eigenvalue weighted by Crippen LogP contribution is 2.36. The van der Waals surface area contributed by atoms with Gasteiger partial charge in [-0.1, -0.05) is 12.2 Å². The first kappa shape index (κ1) is 8.23. The number of fused-ring (bicyclic) bond motifs is 1. The van der Waals surface area contributed by atoms with Crippen LogP contribution in [0.15, 0.2) is 12.2 Å². The van der Waals surface area contributed by atoms with E-state index in [1.165, 1.54) is 0 Å². The Bertz CT molecular complexity index is 210. The first-order chi connectivity index (χ1) is 5.62. The summed E-state index contributed by atoms with van der Waals surface area (Å²) >= 11 is 0. The largest absolute Gasteiger partial charge is 0.396 e. The van der Waals surface area contributed by atoms with Crippen molar-refractivity contribution in [3.63, 3.8) is 0 Å². The van der Waals surface area contributed by atoms with Gasteiger partial charge in [-0.3, -0.25) is 0 Å². The molecule has 0 spiro atoms. The van der Waals surface area contributed by atoms with Crippen LogP contribution in [-0.2, 0) is 9.47 Å². The molecule has 1 N–H and O–H groups in total. The molecule has 0 aromatic carbocycles. The second-order valence-electron chi connectivity index (χ2n) is 3.80. The Labute approximate surface area is 72.0 Å². The molecule has 0 aromatic heterocycles. The predicted molar refractivity (Wildman–Crippen MR) is 43.5 cm³/mol. The van der Waals surface area contributed by atoms with Gasteiger partial charge in [-0.05, 0) is 13.8 Å². The van der Waals surface area contributed by atoms with Crippen LogP contribution in [0.2, 0.25) is 0 Å². The molecule has 0 saturated carbocycles. The maximum Gasteiger partial charge on any atom is 0.164 e. The summed E-state index contributed by atoms with van der Waals surface area (Å²) in [6.45, 7) is 3.93. The SMILES string of the molecule is CC1(C)O[C@@H]2[C@@H](CO)C=C[C@@H]2O1. The Morgan fingerprint density at radius 3 is 2.75 bits per heavy atom. The lowest BCUT2D eigenvalue weighted by Crippen LogP contribution is -2.27. The zero-order valence-corrected chi connectivity index (χ0v) is 7.36. The molecule has 1 saturated heterocycles. The number of aliphatic hydroxyl groups excluding tert-OH is 1. The zero-order valence-electron chi connectivity index (χ0n) is 7.36. The third kappa shape index (κ3) is 1.18. The average Bonchev–Trinajstić information content (AvgIpc) is 2.42. The molecule has 68 valence electrons. The lowest BCUT2D eigenvalue weighted by atomic mass is 10.1. The molecule has 0 bridgehead atoms. The minimum atomic E-state index is -0.493. The third-order valence-corrected chi connectivity index (χ3v) is 2.34. The number of rotatable bonds is 1. The summed E-state index contributed by atoms with van der Waals surface area (Å²) in [4.78, 5) is 0. The fourth-order valence-electron chi connectivity index (χ4n) is 1.82. The quantitative estimate of drug-likeness (QED) is 0.588. The van der Waals surface area contributed by atoms with Gasteiger partial charge in [-0.15, -0.1) is 0 Å². The summed E-state index contributed by atoms with van der Waals surface area (Å²) in [5.74, 6) is -0.384. The van der Waals surface area contributed by atoms with Gasteiger partial charge < -0.3 is 14.6 Å². The topological polar surface area (TPSA) is 38.7 Å². The molecule has 1 fully saturated rings. The van der Waals surface area contributed by atoms with Crippen molar-refractivity contribution in [2.24, 2.45) is 5.92 Å². The highest BCUT2D eigenvalue weighted by molar-refractivity contribution is 5.12. The van der Waals surface area contributed by atoms with Crippen molar-refractivity contribution in [1.29, 1.82) is 0 Å². The van der Waals surface area contributed by atoms with E-state index in [2.05, 4.69) is 0 Å². The van der Waals surface area contributed by atoms with Gasteiger partial charge in [-0.25, -0.2) is 0 Å². The second-order valence-corrected chi connectivity index (χ2v) is 3.80. The standard InChI is InChI=1S/C9H14O3/c1-9(2)11-7-4-3-6(5-10)8(7)12-9/h3-4,6-8,10H,5H2,1-2H3/t6-,7+,8-/m1/s1. The van der Waals surface area contributed by atoms with Crippen LogP contribution in [0.25, 0.3) is 0 Å². The Hall–Kier alpha value is -0.380. The van der Waals surface area contributed by atoms with E-state index in [-0.39, 0.29) is 24.7 Å². The Balaban J connectivity index is 2.11. The molecular formula is C9H14O3. The van der Waals surface area contributed by atoms with E-state index in [1.807, 2.05) is 26.0 Å². The summed E-state index contributed by atoms with van der Waals surface area (Å²) < 4.78 is 11.2. The van der Waals surface area contributed by atoms with Crippen molar-refractivity contribution in [1.82, 2.24) is 0 Å². The summed E-state index contributed by atoms with van der Waals surface area (Å²) in [5, 5.41) is 9.00. The Kier molecular flexibility index (Phi) is 1.75. The van der Waals surface area contributed by atoms with Crippen molar-refractivity contribution >= 4 is 0 Å². The molecule has 0 aromatic rings. The Morgan fingerprint density at radius 1 is 1.33 bits per heavy atom. The molecule has 1 aliphatic carbocycles. The van der Waals surface area contributed by atoms with E-state index in [1.54, 1.807) is 0 Å². The lowest BCUT2D eigenvalue weighted by Gasteiger charge is -2.19. The van der Waals surface area contributed by atoms with Crippen molar-refractivity contribution in [2.45, 2.75) is 31.8 Å². The highest BCUT2D eigenvalue weighted by atomic mass is 16.8.